The van der Waals surface area contributed by atoms with Gasteiger partial charge in [-0.05, 0) is 18.9 Å². The summed E-state index contributed by atoms with van der Waals surface area (Å²) in [5.41, 5.74) is 0. The summed E-state index contributed by atoms with van der Waals surface area (Å²) in [4.78, 5) is 11.5. The highest BCUT2D eigenvalue weighted by Gasteiger charge is 2.00. The smallest absolute Gasteiger partial charge is 0.155 e. The Morgan fingerprint density at radius 1 is 1.06 bits per heavy atom. The van der Waals surface area contributed by atoms with Crippen molar-refractivity contribution < 1.29 is 9.90 Å². The highest BCUT2D eigenvalue weighted by Crippen LogP contribution is 2.06. The first-order valence-electron chi connectivity index (χ1n) is 7.09. The minimum absolute atomic E-state index is 0.150. The van der Waals surface area contributed by atoms with Gasteiger partial charge in [0.25, 0.3) is 0 Å². The summed E-state index contributed by atoms with van der Waals surface area (Å²) >= 11 is 0. The number of ketones is 1. The molecule has 2 heteroatoms. The van der Waals surface area contributed by atoms with E-state index in [0.29, 0.717) is 6.42 Å². The Kier molecular flexibility index (Phi) is 11.4. The van der Waals surface area contributed by atoms with E-state index in [0.717, 1.165) is 32.1 Å². The Hall–Kier alpha value is -0.630. The zero-order chi connectivity index (χ0) is 12.9. The van der Waals surface area contributed by atoms with Gasteiger partial charge in [0.15, 0.2) is 5.78 Å². The number of hydrogen-bond donors (Lipinski definition) is 1. The van der Waals surface area contributed by atoms with Crippen LogP contribution < -0.4 is 0 Å². The van der Waals surface area contributed by atoms with Gasteiger partial charge >= 0.3 is 0 Å². The summed E-state index contributed by atoms with van der Waals surface area (Å²) in [6.07, 6.45) is 12.1. The van der Waals surface area contributed by atoms with Gasteiger partial charge in [0.05, 0.1) is 6.10 Å². The molecule has 2 nitrogen and oxygen atoms in total. The largest absolute Gasteiger partial charge is 0.389 e. The Morgan fingerprint density at radius 3 is 2.35 bits per heavy atom. The van der Waals surface area contributed by atoms with Crippen LogP contribution in [0.25, 0.3) is 0 Å². The van der Waals surface area contributed by atoms with E-state index in [1.54, 1.807) is 12.2 Å². The summed E-state index contributed by atoms with van der Waals surface area (Å²) in [6, 6.07) is 0. The van der Waals surface area contributed by atoms with Crippen LogP contribution in [0.15, 0.2) is 12.2 Å². The van der Waals surface area contributed by atoms with E-state index in [4.69, 9.17) is 0 Å². The van der Waals surface area contributed by atoms with Gasteiger partial charge in [-0.2, -0.15) is 0 Å². The predicted molar refractivity (Wildman–Crippen MR) is 73.1 cm³/mol. The average Bonchev–Trinajstić information content (AvgIpc) is 2.33. The molecular formula is C15H28O2. The second kappa shape index (κ2) is 11.8. The van der Waals surface area contributed by atoms with Crippen LogP contribution in [-0.2, 0) is 4.79 Å². The van der Waals surface area contributed by atoms with Crippen LogP contribution in [0.4, 0.5) is 0 Å². The quantitative estimate of drug-likeness (QED) is 0.437. The fraction of sp³-hybridized carbons (Fsp3) is 0.800. The van der Waals surface area contributed by atoms with Crippen molar-refractivity contribution in [1.82, 2.24) is 0 Å². The number of allylic oxidation sites excluding steroid dienone is 1. The van der Waals surface area contributed by atoms with E-state index < -0.39 is 6.10 Å². The molecule has 0 aromatic carbocycles. The number of carbonyl (C=O) groups is 1. The van der Waals surface area contributed by atoms with Crippen LogP contribution in [0, 0.1) is 0 Å². The normalized spacial score (nSPS) is 13.1. The van der Waals surface area contributed by atoms with Crippen molar-refractivity contribution >= 4 is 5.78 Å². The van der Waals surface area contributed by atoms with Gasteiger partial charge in [-0.1, -0.05) is 58.4 Å². The van der Waals surface area contributed by atoms with Gasteiger partial charge in [0, 0.05) is 6.42 Å². The Labute approximate surface area is 106 Å². The van der Waals surface area contributed by atoms with Crippen LogP contribution >= 0.6 is 0 Å². The molecule has 1 unspecified atom stereocenters. The van der Waals surface area contributed by atoms with Crippen LogP contribution in [-0.4, -0.2) is 17.0 Å². The fourth-order valence-corrected chi connectivity index (χ4v) is 1.71. The monoisotopic (exact) mass is 240 g/mol. The molecule has 0 fully saturated rings. The maximum absolute atomic E-state index is 11.5. The molecule has 0 aliphatic carbocycles. The molecule has 0 aliphatic rings. The Balaban J connectivity index is 3.52. The van der Waals surface area contributed by atoms with E-state index >= 15 is 0 Å². The highest BCUT2D eigenvalue weighted by molar-refractivity contribution is 5.89. The first-order valence-corrected chi connectivity index (χ1v) is 7.09. The number of rotatable bonds is 11. The number of unbranched alkanes of at least 4 members (excludes halogenated alkanes) is 5. The molecule has 0 aromatic rings. The lowest BCUT2D eigenvalue weighted by molar-refractivity contribution is -0.114. The lowest BCUT2D eigenvalue weighted by atomic mass is 10.1. The minimum atomic E-state index is -0.445. The van der Waals surface area contributed by atoms with Crippen molar-refractivity contribution in [3.8, 4) is 0 Å². The second-order valence-electron chi connectivity index (χ2n) is 4.70. The van der Waals surface area contributed by atoms with Crippen LogP contribution in [0.5, 0.6) is 0 Å². The maximum Gasteiger partial charge on any atom is 0.155 e. The molecule has 0 aliphatic heterocycles. The van der Waals surface area contributed by atoms with Crippen LogP contribution in [0.3, 0.4) is 0 Å². The van der Waals surface area contributed by atoms with Crippen molar-refractivity contribution in [3.05, 3.63) is 12.2 Å². The van der Waals surface area contributed by atoms with Crippen molar-refractivity contribution in [2.75, 3.05) is 0 Å². The zero-order valence-corrected chi connectivity index (χ0v) is 11.5. The van der Waals surface area contributed by atoms with Gasteiger partial charge in [-0.15, -0.1) is 0 Å². The number of aliphatic hydroxyl groups excluding tert-OH is 1. The summed E-state index contributed by atoms with van der Waals surface area (Å²) in [5, 5.41) is 9.53. The molecule has 0 saturated carbocycles. The summed E-state index contributed by atoms with van der Waals surface area (Å²) < 4.78 is 0. The van der Waals surface area contributed by atoms with E-state index in [-0.39, 0.29) is 5.78 Å². The number of carbonyl (C=O) groups excluding carboxylic acids is 1. The third-order valence-electron chi connectivity index (χ3n) is 2.88. The molecule has 0 aromatic heterocycles. The van der Waals surface area contributed by atoms with Gasteiger partial charge < -0.3 is 5.11 Å². The van der Waals surface area contributed by atoms with Crippen molar-refractivity contribution in [2.45, 2.75) is 77.7 Å². The van der Waals surface area contributed by atoms with Gasteiger partial charge in [0.1, 0.15) is 0 Å². The topological polar surface area (TPSA) is 37.3 Å². The first-order chi connectivity index (χ1) is 8.20. The highest BCUT2D eigenvalue weighted by atomic mass is 16.3. The molecule has 17 heavy (non-hydrogen) atoms. The Morgan fingerprint density at radius 2 is 1.71 bits per heavy atom. The average molecular weight is 240 g/mol. The zero-order valence-electron chi connectivity index (χ0n) is 11.5. The van der Waals surface area contributed by atoms with Gasteiger partial charge in [-0.3, -0.25) is 4.79 Å². The first kappa shape index (κ1) is 16.4. The SMILES string of the molecule is CCCCCCCC(=O)/C=C/C(O)CCCC. The van der Waals surface area contributed by atoms with E-state index in [1.165, 1.54) is 19.3 Å². The summed E-state index contributed by atoms with van der Waals surface area (Å²) in [6.45, 7) is 4.28. The third-order valence-corrected chi connectivity index (χ3v) is 2.88. The van der Waals surface area contributed by atoms with Gasteiger partial charge in [0.2, 0.25) is 0 Å². The molecule has 100 valence electrons. The molecule has 0 radical (unpaired) electrons. The number of aliphatic hydroxyl groups is 1. The van der Waals surface area contributed by atoms with Crippen molar-refractivity contribution in [1.29, 1.82) is 0 Å². The molecule has 0 heterocycles. The third kappa shape index (κ3) is 11.6. The lowest BCUT2D eigenvalue weighted by Gasteiger charge is -2.03. The molecule has 0 bridgehead atoms. The summed E-state index contributed by atoms with van der Waals surface area (Å²) in [5.74, 6) is 0.150. The lowest BCUT2D eigenvalue weighted by Crippen LogP contribution is -2.03. The van der Waals surface area contributed by atoms with E-state index in [9.17, 15) is 9.90 Å². The number of hydrogen-bond acceptors (Lipinski definition) is 2. The fourth-order valence-electron chi connectivity index (χ4n) is 1.71. The second-order valence-corrected chi connectivity index (χ2v) is 4.70. The molecule has 1 N–H and O–H groups in total. The molecule has 0 rings (SSSR count). The van der Waals surface area contributed by atoms with E-state index in [1.807, 2.05) is 0 Å². The predicted octanol–water partition coefficient (Wildman–Crippen LogP) is 4.02. The molecule has 0 amide bonds. The molecular weight excluding hydrogens is 212 g/mol. The standard InChI is InChI=1S/C15H28O2/c1-3-5-7-8-9-11-15(17)13-12-14(16)10-6-4-2/h12-14,16H,3-11H2,1-2H3/b13-12+. The minimum Gasteiger partial charge on any atom is -0.389 e. The van der Waals surface area contributed by atoms with Crippen molar-refractivity contribution in [3.63, 3.8) is 0 Å². The molecule has 0 spiro atoms. The van der Waals surface area contributed by atoms with Crippen LogP contribution in [0.1, 0.15) is 71.6 Å². The van der Waals surface area contributed by atoms with Crippen LogP contribution in [0.2, 0.25) is 0 Å². The molecule has 0 saturated heterocycles. The Bertz CT molecular complexity index is 209. The van der Waals surface area contributed by atoms with Gasteiger partial charge in [-0.25, -0.2) is 0 Å². The van der Waals surface area contributed by atoms with E-state index in [2.05, 4.69) is 13.8 Å². The summed E-state index contributed by atoms with van der Waals surface area (Å²) in [7, 11) is 0. The molecule has 1 atom stereocenters. The van der Waals surface area contributed by atoms with Crippen molar-refractivity contribution in [2.24, 2.45) is 0 Å². The maximum atomic E-state index is 11.5.